The molecule has 3 heteroatoms. The van der Waals surface area contributed by atoms with E-state index >= 15 is 0 Å². The van der Waals surface area contributed by atoms with E-state index in [4.69, 9.17) is 10.5 Å². The highest BCUT2D eigenvalue weighted by Crippen LogP contribution is 2.37. The maximum Gasteiger partial charge on any atom is 0.119 e. The van der Waals surface area contributed by atoms with E-state index in [2.05, 4.69) is 0 Å². The first kappa shape index (κ1) is 12.4. The third kappa shape index (κ3) is 2.61. The molecule has 0 saturated heterocycles. The molecule has 0 spiro atoms. The average molecular weight is 235 g/mol. The first-order chi connectivity index (χ1) is 8.15. The van der Waals surface area contributed by atoms with Gasteiger partial charge in [-0.3, -0.25) is 0 Å². The van der Waals surface area contributed by atoms with Crippen LogP contribution >= 0.6 is 0 Å². The lowest BCUT2D eigenvalue weighted by atomic mass is 9.76. The molecule has 3 nitrogen and oxygen atoms in total. The van der Waals surface area contributed by atoms with Gasteiger partial charge in [0.15, 0.2) is 0 Å². The van der Waals surface area contributed by atoms with Crippen molar-refractivity contribution >= 4 is 0 Å². The van der Waals surface area contributed by atoms with Crippen LogP contribution in [0.25, 0.3) is 0 Å². The number of methoxy groups -OCH3 is 1. The van der Waals surface area contributed by atoms with Crippen molar-refractivity contribution < 1.29 is 9.84 Å². The van der Waals surface area contributed by atoms with E-state index in [9.17, 15) is 5.11 Å². The van der Waals surface area contributed by atoms with Crippen molar-refractivity contribution in [2.75, 3.05) is 7.11 Å². The quantitative estimate of drug-likeness (QED) is 0.845. The first-order valence-corrected chi connectivity index (χ1v) is 6.27. The first-order valence-electron chi connectivity index (χ1n) is 6.27. The summed E-state index contributed by atoms with van der Waals surface area (Å²) in [4.78, 5) is 0. The van der Waals surface area contributed by atoms with Crippen LogP contribution in [0, 0.1) is 0 Å². The molecule has 1 fully saturated rings. The summed E-state index contributed by atoms with van der Waals surface area (Å²) in [5, 5.41) is 10.4. The van der Waals surface area contributed by atoms with Crippen molar-refractivity contribution in [3.05, 3.63) is 29.8 Å². The Kier molecular flexibility index (Phi) is 3.69. The van der Waals surface area contributed by atoms with Crippen molar-refractivity contribution in [1.29, 1.82) is 0 Å². The Morgan fingerprint density at radius 2 is 2.00 bits per heavy atom. The molecular weight excluding hydrogens is 214 g/mol. The third-order valence-corrected chi connectivity index (χ3v) is 3.74. The van der Waals surface area contributed by atoms with Gasteiger partial charge in [-0.15, -0.1) is 0 Å². The van der Waals surface area contributed by atoms with Gasteiger partial charge in [0.1, 0.15) is 5.75 Å². The number of nitrogens with two attached hydrogens (primary N) is 1. The Balaban J connectivity index is 2.19. The summed E-state index contributed by atoms with van der Waals surface area (Å²) in [7, 11) is 1.63. The van der Waals surface area contributed by atoms with Crippen LogP contribution in [-0.2, 0) is 0 Å². The van der Waals surface area contributed by atoms with Gasteiger partial charge in [0.05, 0.1) is 13.2 Å². The molecule has 0 aliphatic heterocycles. The summed E-state index contributed by atoms with van der Waals surface area (Å²) < 4.78 is 5.17. The van der Waals surface area contributed by atoms with Gasteiger partial charge < -0.3 is 15.6 Å². The molecule has 94 valence electrons. The van der Waals surface area contributed by atoms with Crippen LogP contribution < -0.4 is 10.5 Å². The Morgan fingerprint density at radius 1 is 1.29 bits per heavy atom. The van der Waals surface area contributed by atoms with Crippen molar-refractivity contribution in [3.63, 3.8) is 0 Å². The van der Waals surface area contributed by atoms with Gasteiger partial charge in [0.2, 0.25) is 0 Å². The second kappa shape index (κ2) is 5.07. The van der Waals surface area contributed by atoms with Crippen molar-refractivity contribution in [1.82, 2.24) is 0 Å². The molecule has 17 heavy (non-hydrogen) atoms. The molecule has 2 rings (SSSR count). The standard InChI is InChI=1S/C14H21NO2/c1-17-12-7-5-6-11(10-12)13(16)14(15)8-3-2-4-9-14/h5-7,10,13,16H,2-4,8-9,15H2,1H3. The lowest BCUT2D eigenvalue weighted by molar-refractivity contribution is 0.0585. The fraction of sp³-hybridized carbons (Fsp3) is 0.571. The van der Waals surface area contributed by atoms with Gasteiger partial charge in [0.25, 0.3) is 0 Å². The number of aliphatic hydroxyl groups excluding tert-OH is 1. The highest BCUT2D eigenvalue weighted by Gasteiger charge is 2.35. The van der Waals surface area contributed by atoms with E-state index in [1.54, 1.807) is 7.11 Å². The largest absolute Gasteiger partial charge is 0.497 e. The van der Waals surface area contributed by atoms with Crippen LogP contribution in [0.5, 0.6) is 5.75 Å². The zero-order valence-corrected chi connectivity index (χ0v) is 10.4. The maximum atomic E-state index is 10.4. The van der Waals surface area contributed by atoms with Crippen LogP contribution in [0.15, 0.2) is 24.3 Å². The molecule has 1 unspecified atom stereocenters. The van der Waals surface area contributed by atoms with Gasteiger partial charge in [0, 0.05) is 5.54 Å². The molecule has 1 aromatic carbocycles. The number of hydrogen-bond donors (Lipinski definition) is 2. The summed E-state index contributed by atoms with van der Waals surface area (Å²) in [5.74, 6) is 0.765. The second-order valence-electron chi connectivity index (χ2n) is 4.97. The summed E-state index contributed by atoms with van der Waals surface area (Å²) in [5.41, 5.74) is 6.72. The number of ether oxygens (including phenoxy) is 1. The van der Waals surface area contributed by atoms with Crippen molar-refractivity contribution in [2.24, 2.45) is 5.73 Å². The fourth-order valence-corrected chi connectivity index (χ4v) is 2.63. The highest BCUT2D eigenvalue weighted by molar-refractivity contribution is 5.31. The average Bonchev–Trinajstić information content (AvgIpc) is 2.39. The SMILES string of the molecule is COc1cccc(C(O)C2(N)CCCCC2)c1. The number of rotatable bonds is 3. The van der Waals surface area contributed by atoms with E-state index in [0.717, 1.165) is 37.0 Å². The van der Waals surface area contributed by atoms with Gasteiger partial charge in [-0.05, 0) is 30.5 Å². The number of benzene rings is 1. The monoisotopic (exact) mass is 235 g/mol. The predicted molar refractivity (Wildman–Crippen MR) is 68.0 cm³/mol. The smallest absolute Gasteiger partial charge is 0.119 e. The number of hydrogen-bond acceptors (Lipinski definition) is 3. The van der Waals surface area contributed by atoms with Crippen molar-refractivity contribution in [3.8, 4) is 5.75 Å². The molecular formula is C14H21NO2. The van der Waals surface area contributed by atoms with Gasteiger partial charge >= 0.3 is 0 Å². The van der Waals surface area contributed by atoms with E-state index in [-0.39, 0.29) is 0 Å². The molecule has 0 radical (unpaired) electrons. The summed E-state index contributed by atoms with van der Waals surface area (Å²) in [6, 6.07) is 7.55. The van der Waals surface area contributed by atoms with Crippen LogP contribution in [0.2, 0.25) is 0 Å². The van der Waals surface area contributed by atoms with E-state index in [1.165, 1.54) is 6.42 Å². The Labute approximate surface area is 103 Å². The summed E-state index contributed by atoms with van der Waals surface area (Å²) in [6.45, 7) is 0. The highest BCUT2D eigenvalue weighted by atomic mass is 16.5. The molecule has 0 aromatic heterocycles. The van der Waals surface area contributed by atoms with Crippen LogP contribution in [-0.4, -0.2) is 17.8 Å². The third-order valence-electron chi connectivity index (χ3n) is 3.74. The van der Waals surface area contributed by atoms with Gasteiger partial charge in [-0.1, -0.05) is 31.4 Å². The molecule has 3 N–H and O–H groups in total. The van der Waals surface area contributed by atoms with Gasteiger partial charge in [-0.2, -0.15) is 0 Å². The Bertz CT molecular complexity index is 372. The summed E-state index contributed by atoms with van der Waals surface area (Å²) >= 11 is 0. The molecule has 0 amide bonds. The minimum Gasteiger partial charge on any atom is -0.497 e. The molecule has 1 aromatic rings. The Morgan fingerprint density at radius 3 is 2.65 bits per heavy atom. The van der Waals surface area contributed by atoms with Crippen LogP contribution in [0.3, 0.4) is 0 Å². The van der Waals surface area contributed by atoms with Crippen LogP contribution in [0.1, 0.15) is 43.8 Å². The van der Waals surface area contributed by atoms with E-state index in [0.29, 0.717) is 0 Å². The zero-order chi connectivity index (χ0) is 12.3. The lowest BCUT2D eigenvalue weighted by Gasteiger charge is -2.37. The van der Waals surface area contributed by atoms with E-state index in [1.807, 2.05) is 24.3 Å². The van der Waals surface area contributed by atoms with Crippen LogP contribution in [0.4, 0.5) is 0 Å². The fourth-order valence-electron chi connectivity index (χ4n) is 2.63. The molecule has 1 saturated carbocycles. The minimum atomic E-state index is -0.599. The van der Waals surface area contributed by atoms with Crippen molar-refractivity contribution in [2.45, 2.75) is 43.7 Å². The lowest BCUT2D eigenvalue weighted by Crippen LogP contribution is -2.47. The maximum absolute atomic E-state index is 10.4. The normalized spacial score (nSPS) is 20.9. The Hall–Kier alpha value is -1.06. The molecule has 0 heterocycles. The molecule has 1 atom stereocenters. The molecule has 1 aliphatic carbocycles. The predicted octanol–water partition coefficient (Wildman–Crippen LogP) is 2.39. The summed E-state index contributed by atoms with van der Waals surface area (Å²) in [6.07, 6.45) is 4.63. The zero-order valence-electron chi connectivity index (χ0n) is 10.4. The minimum absolute atomic E-state index is 0.468. The topological polar surface area (TPSA) is 55.5 Å². The molecule has 1 aliphatic rings. The van der Waals surface area contributed by atoms with Gasteiger partial charge in [-0.25, -0.2) is 0 Å². The second-order valence-corrected chi connectivity index (χ2v) is 4.97. The molecule has 0 bridgehead atoms. The number of aliphatic hydroxyl groups is 1. The van der Waals surface area contributed by atoms with E-state index < -0.39 is 11.6 Å².